The number of rotatable bonds is 3. The SMILES string of the molecule is Cc1noc(C)c1C(C)NC(=O)C1CCC(N)CC1. The lowest BCUT2D eigenvalue weighted by atomic mass is 9.85. The van der Waals surface area contributed by atoms with Crippen molar-refractivity contribution in [3.8, 4) is 0 Å². The van der Waals surface area contributed by atoms with Crippen molar-refractivity contribution in [2.75, 3.05) is 0 Å². The molecule has 3 N–H and O–H groups in total. The first-order valence-corrected chi connectivity index (χ1v) is 6.97. The third-order valence-electron chi connectivity index (χ3n) is 4.02. The summed E-state index contributed by atoms with van der Waals surface area (Å²) in [4.78, 5) is 12.2. The van der Waals surface area contributed by atoms with E-state index in [1.165, 1.54) is 0 Å². The van der Waals surface area contributed by atoms with Crippen LogP contribution < -0.4 is 11.1 Å². The molecule has 19 heavy (non-hydrogen) atoms. The van der Waals surface area contributed by atoms with Gasteiger partial charge in [0.1, 0.15) is 5.76 Å². The van der Waals surface area contributed by atoms with Crippen LogP contribution in [-0.2, 0) is 4.79 Å². The summed E-state index contributed by atoms with van der Waals surface area (Å²) >= 11 is 0. The molecular formula is C14H23N3O2. The third kappa shape index (κ3) is 3.15. The van der Waals surface area contributed by atoms with E-state index in [0.717, 1.165) is 42.7 Å². The van der Waals surface area contributed by atoms with Gasteiger partial charge in [0.25, 0.3) is 0 Å². The zero-order valence-electron chi connectivity index (χ0n) is 11.9. The number of aromatic nitrogens is 1. The number of nitrogens with one attached hydrogen (secondary N) is 1. The van der Waals surface area contributed by atoms with Crippen LogP contribution in [0.25, 0.3) is 0 Å². The molecule has 1 unspecified atom stereocenters. The third-order valence-corrected chi connectivity index (χ3v) is 4.02. The van der Waals surface area contributed by atoms with Crippen molar-refractivity contribution in [3.05, 3.63) is 17.0 Å². The van der Waals surface area contributed by atoms with E-state index in [1.54, 1.807) is 0 Å². The van der Waals surface area contributed by atoms with Crippen LogP contribution in [0.2, 0.25) is 0 Å². The Hall–Kier alpha value is -1.36. The van der Waals surface area contributed by atoms with E-state index in [1.807, 2.05) is 20.8 Å². The fourth-order valence-electron chi connectivity index (χ4n) is 2.89. The molecule has 0 saturated heterocycles. The largest absolute Gasteiger partial charge is 0.361 e. The smallest absolute Gasteiger partial charge is 0.223 e. The van der Waals surface area contributed by atoms with Crippen LogP contribution in [-0.4, -0.2) is 17.1 Å². The molecule has 1 aromatic heterocycles. The molecule has 106 valence electrons. The number of carbonyl (C=O) groups is 1. The highest BCUT2D eigenvalue weighted by Gasteiger charge is 2.26. The Kier molecular flexibility index (Phi) is 4.24. The van der Waals surface area contributed by atoms with Gasteiger partial charge in [-0.05, 0) is 46.5 Å². The molecule has 1 fully saturated rings. The van der Waals surface area contributed by atoms with Crippen LogP contribution in [0.3, 0.4) is 0 Å². The van der Waals surface area contributed by atoms with Crippen LogP contribution in [0.15, 0.2) is 4.52 Å². The predicted molar refractivity (Wildman–Crippen MR) is 72.5 cm³/mol. The van der Waals surface area contributed by atoms with Gasteiger partial charge in [0.05, 0.1) is 11.7 Å². The zero-order chi connectivity index (χ0) is 14.0. The number of amides is 1. The summed E-state index contributed by atoms with van der Waals surface area (Å²) in [5.41, 5.74) is 7.69. The maximum Gasteiger partial charge on any atom is 0.223 e. The van der Waals surface area contributed by atoms with Crippen LogP contribution >= 0.6 is 0 Å². The molecule has 0 radical (unpaired) electrons. The van der Waals surface area contributed by atoms with Gasteiger partial charge in [-0.15, -0.1) is 0 Å². The zero-order valence-corrected chi connectivity index (χ0v) is 11.9. The first-order valence-electron chi connectivity index (χ1n) is 6.97. The first kappa shape index (κ1) is 14.1. The molecule has 1 atom stereocenters. The van der Waals surface area contributed by atoms with E-state index < -0.39 is 0 Å². The van der Waals surface area contributed by atoms with Gasteiger partial charge in [-0.3, -0.25) is 4.79 Å². The van der Waals surface area contributed by atoms with Crippen LogP contribution in [0.4, 0.5) is 0 Å². The van der Waals surface area contributed by atoms with Crippen molar-refractivity contribution in [1.82, 2.24) is 10.5 Å². The van der Waals surface area contributed by atoms with Crippen molar-refractivity contribution in [2.24, 2.45) is 11.7 Å². The predicted octanol–water partition coefficient (Wildman–Crippen LogP) is 1.99. The maximum absolute atomic E-state index is 12.2. The number of hydrogen-bond donors (Lipinski definition) is 2. The van der Waals surface area contributed by atoms with Crippen LogP contribution in [0.5, 0.6) is 0 Å². The molecule has 0 bridgehead atoms. The summed E-state index contributed by atoms with van der Waals surface area (Å²) in [6, 6.07) is 0.207. The Morgan fingerprint density at radius 3 is 2.53 bits per heavy atom. The quantitative estimate of drug-likeness (QED) is 0.875. The van der Waals surface area contributed by atoms with Crippen molar-refractivity contribution in [1.29, 1.82) is 0 Å². The fraction of sp³-hybridized carbons (Fsp3) is 0.714. The lowest BCUT2D eigenvalue weighted by molar-refractivity contribution is -0.126. The van der Waals surface area contributed by atoms with Gasteiger partial charge in [0.2, 0.25) is 5.91 Å². The average molecular weight is 265 g/mol. The summed E-state index contributed by atoms with van der Waals surface area (Å²) in [6.07, 6.45) is 3.66. The van der Waals surface area contributed by atoms with Gasteiger partial charge in [-0.2, -0.15) is 0 Å². The first-order chi connectivity index (χ1) is 8.99. The number of nitrogens with zero attached hydrogens (tertiary/aromatic N) is 1. The highest BCUT2D eigenvalue weighted by molar-refractivity contribution is 5.79. The van der Waals surface area contributed by atoms with Gasteiger partial charge in [0.15, 0.2) is 0 Å². The molecule has 1 saturated carbocycles. The van der Waals surface area contributed by atoms with Gasteiger partial charge in [-0.1, -0.05) is 5.16 Å². The number of carbonyl (C=O) groups excluding carboxylic acids is 1. The molecule has 5 heteroatoms. The molecule has 0 aliphatic heterocycles. The second-order valence-corrected chi connectivity index (χ2v) is 5.58. The van der Waals surface area contributed by atoms with E-state index in [0.29, 0.717) is 0 Å². The monoisotopic (exact) mass is 265 g/mol. The summed E-state index contributed by atoms with van der Waals surface area (Å²) < 4.78 is 5.14. The minimum Gasteiger partial charge on any atom is -0.361 e. The Morgan fingerprint density at radius 1 is 1.37 bits per heavy atom. The van der Waals surface area contributed by atoms with Crippen molar-refractivity contribution < 1.29 is 9.32 Å². The molecule has 1 aliphatic rings. The van der Waals surface area contributed by atoms with Crippen LogP contribution in [0.1, 0.15) is 55.7 Å². The minimum atomic E-state index is -0.0608. The van der Waals surface area contributed by atoms with Gasteiger partial charge < -0.3 is 15.6 Å². The second-order valence-electron chi connectivity index (χ2n) is 5.58. The molecule has 1 heterocycles. The summed E-state index contributed by atoms with van der Waals surface area (Å²) in [6.45, 7) is 5.74. The highest BCUT2D eigenvalue weighted by Crippen LogP contribution is 2.25. The Balaban J connectivity index is 1.95. The molecule has 0 aromatic carbocycles. The Bertz CT molecular complexity index is 428. The topological polar surface area (TPSA) is 81.2 Å². The average Bonchev–Trinajstić information content (AvgIpc) is 2.69. The van der Waals surface area contributed by atoms with Gasteiger partial charge in [0, 0.05) is 17.5 Å². The van der Waals surface area contributed by atoms with Gasteiger partial charge in [-0.25, -0.2) is 0 Å². The summed E-state index contributed by atoms with van der Waals surface area (Å²) in [5.74, 6) is 0.998. The Morgan fingerprint density at radius 2 is 2.00 bits per heavy atom. The Labute approximate surface area is 113 Å². The van der Waals surface area contributed by atoms with E-state index >= 15 is 0 Å². The van der Waals surface area contributed by atoms with Crippen molar-refractivity contribution >= 4 is 5.91 Å². The summed E-state index contributed by atoms with van der Waals surface area (Å²) in [7, 11) is 0. The van der Waals surface area contributed by atoms with Crippen molar-refractivity contribution in [2.45, 2.75) is 58.5 Å². The minimum absolute atomic E-state index is 0.0608. The van der Waals surface area contributed by atoms with E-state index in [4.69, 9.17) is 10.3 Å². The van der Waals surface area contributed by atoms with E-state index in [2.05, 4.69) is 10.5 Å². The molecule has 1 amide bonds. The molecule has 1 aromatic rings. The molecule has 1 aliphatic carbocycles. The molecule has 5 nitrogen and oxygen atoms in total. The second kappa shape index (κ2) is 5.74. The lowest BCUT2D eigenvalue weighted by Gasteiger charge is -2.26. The van der Waals surface area contributed by atoms with E-state index in [9.17, 15) is 4.79 Å². The van der Waals surface area contributed by atoms with Gasteiger partial charge >= 0.3 is 0 Å². The summed E-state index contributed by atoms with van der Waals surface area (Å²) in [5, 5.41) is 6.99. The van der Waals surface area contributed by atoms with Crippen molar-refractivity contribution in [3.63, 3.8) is 0 Å². The fourth-order valence-corrected chi connectivity index (χ4v) is 2.89. The lowest BCUT2D eigenvalue weighted by Crippen LogP contribution is -2.37. The van der Waals surface area contributed by atoms with Crippen LogP contribution in [0, 0.1) is 19.8 Å². The molecule has 2 rings (SSSR count). The number of aryl methyl sites for hydroxylation is 2. The molecule has 0 spiro atoms. The van der Waals surface area contributed by atoms with E-state index in [-0.39, 0.29) is 23.9 Å². The standard InChI is InChI=1S/C14H23N3O2/c1-8(13-9(2)17-19-10(13)3)16-14(18)11-4-6-12(15)7-5-11/h8,11-12H,4-7,15H2,1-3H3,(H,16,18). The number of nitrogens with two attached hydrogens (primary N) is 1. The maximum atomic E-state index is 12.2. The molecular weight excluding hydrogens is 242 g/mol. The number of hydrogen-bond acceptors (Lipinski definition) is 4. The highest BCUT2D eigenvalue weighted by atomic mass is 16.5. The normalized spacial score (nSPS) is 25.1.